The molecule has 0 aliphatic rings. The third-order valence-corrected chi connectivity index (χ3v) is 8.44. The van der Waals surface area contributed by atoms with Crippen molar-refractivity contribution < 1.29 is 40.6 Å². The minimum absolute atomic E-state index is 0.128. The van der Waals surface area contributed by atoms with E-state index in [4.69, 9.17) is 11.6 Å². The number of carbonyl (C=O) groups excluding carboxylic acids is 2. The summed E-state index contributed by atoms with van der Waals surface area (Å²) in [6.07, 6.45) is 0. The van der Waals surface area contributed by atoms with Crippen LogP contribution in [0.15, 0.2) is 117 Å². The Balaban J connectivity index is 1.61. The maximum Gasteiger partial charge on any atom is 0.296 e. The highest BCUT2D eigenvalue weighted by Gasteiger charge is 2.26. The van der Waals surface area contributed by atoms with E-state index in [1.807, 2.05) is 0 Å². The summed E-state index contributed by atoms with van der Waals surface area (Å²) in [6, 6.07) is 22.2. The Morgan fingerprint density at radius 3 is 1.89 bits per heavy atom. The number of benzene rings is 5. The van der Waals surface area contributed by atoms with Gasteiger partial charge in [-0.25, -0.2) is 0 Å². The van der Waals surface area contributed by atoms with Crippen LogP contribution in [0, 0.1) is 0 Å². The van der Waals surface area contributed by atoms with E-state index >= 15 is 0 Å². The molecule has 45 heavy (non-hydrogen) atoms. The van der Waals surface area contributed by atoms with Crippen molar-refractivity contribution in [1.82, 2.24) is 0 Å². The number of fused-ring (bicyclic) bond motifs is 1. The molecule has 0 spiro atoms. The highest BCUT2D eigenvalue weighted by Crippen LogP contribution is 2.45. The molecule has 0 aliphatic heterocycles. The Bertz CT molecular complexity index is 2220. The predicted octanol–water partition coefficient (Wildman–Crippen LogP) is 6.59. The summed E-state index contributed by atoms with van der Waals surface area (Å²) in [4.78, 5) is 24.0. The number of hydrogen-bond acceptors (Lipinski definition) is 9. The fraction of sp³-hybridized carbons (Fsp3) is 0. The molecule has 0 saturated carbocycles. The van der Waals surface area contributed by atoms with Crippen molar-refractivity contribution in [1.29, 1.82) is 0 Å². The first-order valence-corrected chi connectivity index (χ1v) is 16.0. The zero-order valence-corrected chi connectivity index (χ0v) is 25.0. The molecule has 15 heteroatoms. The number of hydrogen-bond donors (Lipinski definition) is 4. The lowest BCUT2D eigenvalue weighted by molar-refractivity contribution is 0.102. The van der Waals surface area contributed by atoms with E-state index < -0.39 is 47.4 Å². The monoisotopic (exact) mass is 665 g/mol. The lowest BCUT2D eigenvalue weighted by atomic mass is 10.0. The van der Waals surface area contributed by atoms with Crippen molar-refractivity contribution in [2.24, 2.45) is 10.2 Å². The van der Waals surface area contributed by atoms with Crippen molar-refractivity contribution >= 4 is 71.4 Å². The van der Waals surface area contributed by atoms with Gasteiger partial charge in [-0.15, -0.1) is 5.11 Å². The number of amides is 1. The number of phenols is 1. The fourth-order valence-electron chi connectivity index (χ4n) is 4.34. The predicted molar refractivity (Wildman–Crippen MR) is 165 cm³/mol. The molecular formula is C30H20ClN3O9S2. The van der Waals surface area contributed by atoms with Crippen LogP contribution in [-0.4, -0.2) is 42.7 Å². The van der Waals surface area contributed by atoms with E-state index in [9.17, 15) is 40.6 Å². The number of anilines is 1. The van der Waals surface area contributed by atoms with Gasteiger partial charge in [-0.05, 0) is 84.2 Å². The molecule has 0 atom stereocenters. The van der Waals surface area contributed by atoms with Gasteiger partial charge in [-0.2, -0.15) is 21.9 Å². The minimum Gasteiger partial charge on any atom is -0.505 e. The number of rotatable bonds is 8. The average molecular weight is 666 g/mol. The van der Waals surface area contributed by atoms with Gasteiger partial charge in [-0.1, -0.05) is 29.8 Å². The summed E-state index contributed by atoms with van der Waals surface area (Å²) in [6.45, 7) is 0. The summed E-state index contributed by atoms with van der Waals surface area (Å²) in [5, 5.41) is 21.4. The molecule has 0 unspecified atom stereocenters. The molecule has 228 valence electrons. The molecular weight excluding hydrogens is 646 g/mol. The molecule has 12 nitrogen and oxygen atoms in total. The molecule has 5 aromatic carbocycles. The number of nitrogens with one attached hydrogen (secondary N) is 1. The molecule has 0 aliphatic carbocycles. The Kier molecular flexibility index (Phi) is 8.51. The van der Waals surface area contributed by atoms with E-state index in [0.29, 0.717) is 16.1 Å². The average Bonchev–Trinajstić information content (AvgIpc) is 3.00. The summed E-state index contributed by atoms with van der Waals surface area (Å²) >= 11 is 5.87. The van der Waals surface area contributed by atoms with Crippen LogP contribution in [-0.2, 0) is 20.2 Å². The van der Waals surface area contributed by atoms with Gasteiger partial charge in [0.05, 0.1) is 16.3 Å². The van der Waals surface area contributed by atoms with Gasteiger partial charge >= 0.3 is 0 Å². The van der Waals surface area contributed by atoms with E-state index in [1.165, 1.54) is 36.4 Å². The molecule has 5 aromatic rings. The zero-order valence-electron chi connectivity index (χ0n) is 22.6. The standard InChI is InChI=1S/C30H20ClN3O9S2/c31-21-10-6-17(7-11-21)28(35)18-8-12-22(13-9-18)33-34-27-25(45(41,42)43)15-20-14-23(44(38,39)40)16-24(26(20)29(27)36)32-30(37)19-4-2-1-3-5-19/h1-16,36H,(H,32,37)(H,38,39,40)(H,41,42,43). The summed E-state index contributed by atoms with van der Waals surface area (Å²) in [5.74, 6) is -1.91. The Labute approximate surface area is 261 Å². The van der Waals surface area contributed by atoms with Gasteiger partial charge in [0.15, 0.2) is 11.5 Å². The van der Waals surface area contributed by atoms with Crippen LogP contribution in [0.4, 0.5) is 17.1 Å². The lowest BCUT2D eigenvalue weighted by Gasteiger charge is -2.15. The third kappa shape index (κ3) is 6.90. The molecule has 0 aromatic heterocycles. The van der Waals surface area contributed by atoms with Gasteiger partial charge in [-0.3, -0.25) is 18.7 Å². The van der Waals surface area contributed by atoms with Gasteiger partial charge in [0.25, 0.3) is 26.1 Å². The van der Waals surface area contributed by atoms with Crippen molar-refractivity contribution in [2.75, 3.05) is 5.32 Å². The third-order valence-electron chi connectivity index (χ3n) is 6.48. The Morgan fingerprint density at radius 2 is 1.31 bits per heavy atom. The molecule has 1 amide bonds. The van der Waals surface area contributed by atoms with Crippen molar-refractivity contribution in [3.05, 3.63) is 119 Å². The first kappa shape index (κ1) is 31.4. The van der Waals surface area contributed by atoms with E-state index in [2.05, 4.69) is 15.5 Å². The topological polar surface area (TPSA) is 200 Å². The van der Waals surface area contributed by atoms with Gasteiger partial charge in [0.2, 0.25) is 0 Å². The van der Waals surface area contributed by atoms with Crippen LogP contribution in [0.25, 0.3) is 10.8 Å². The van der Waals surface area contributed by atoms with Crippen molar-refractivity contribution in [3.8, 4) is 5.75 Å². The second-order valence-corrected chi connectivity index (χ2v) is 12.7. The normalized spacial score (nSPS) is 12.0. The summed E-state index contributed by atoms with van der Waals surface area (Å²) in [5.41, 5.74) is -0.0782. The SMILES string of the molecule is O=C(Nc1cc(S(=O)(=O)O)cc2cc(S(=O)(=O)O)c(N=Nc3ccc(C(=O)c4ccc(Cl)cc4)cc3)c(O)c12)c1ccccc1. The van der Waals surface area contributed by atoms with Crippen molar-refractivity contribution in [2.45, 2.75) is 9.79 Å². The van der Waals surface area contributed by atoms with Crippen LogP contribution in [0.2, 0.25) is 5.02 Å². The highest BCUT2D eigenvalue weighted by molar-refractivity contribution is 7.86. The molecule has 0 bridgehead atoms. The number of carbonyl (C=O) groups is 2. The Morgan fingerprint density at radius 1 is 0.711 bits per heavy atom. The van der Waals surface area contributed by atoms with Crippen LogP contribution in [0.5, 0.6) is 5.75 Å². The Hall–Kier alpha value is -4.99. The van der Waals surface area contributed by atoms with Gasteiger partial charge in [0, 0.05) is 27.1 Å². The first-order valence-electron chi connectivity index (χ1n) is 12.7. The fourth-order valence-corrected chi connectivity index (χ4v) is 5.67. The lowest BCUT2D eigenvalue weighted by Crippen LogP contribution is -2.13. The van der Waals surface area contributed by atoms with E-state index in [0.717, 1.165) is 18.2 Å². The van der Waals surface area contributed by atoms with Crippen LogP contribution in [0.3, 0.4) is 0 Å². The number of ketones is 1. The second kappa shape index (κ2) is 12.2. The number of azo groups is 1. The van der Waals surface area contributed by atoms with Crippen molar-refractivity contribution in [3.63, 3.8) is 0 Å². The van der Waals surface area contributed by atoms with E-state index in [1.54, 1.807) is 42.5 Å². The number of nitrogens with zero attached hydrogens (tertiary/aromatic N) is 2. The largest absolute Gasteiger partial charge is 0.505 e. The molecule has 0 saturated heterocycles. The molecule has 0 radical (unpaired) electrons. The summed E-state index contributed by atoms with van der Waals surface area (Å²) < 4.78 is 68.3. The van der Waals surface area contributed by atoms with E-state index in [-0.39, 0.29) is 33.5 Å². The van der Waals surface area contributed by atoms with Crippen LogP contribution in [0.1, 0.15) is 26.3 Å². The zero-order chi connectivity index (χ0) is 32.5. The second-order valence-electron chi connectivity index (χ2n) is 9.49. The maximum absolute atomic E-state index is 12.9. The minimum atomic E-state index is -5.10. The number of aromatic hydroxyl groups is 1. The highest BCUT2D eigenvalue weighted by atomic mass is 35.5. The molecule has 0 heterocycles. The van der Waals surface area contributed by atoms with Crippen LogP contribution >= 0.6 is 11.6 Å². The van der Waals surface area contributed by atoms with Gasteiger partial charge in [0.1, 0.15) is 10.6 Å². The molecule has 0 fully saturated rings. The summed E-state index contributed by atoms with van der Waals surface area (Å²) in [7, 11) is -9.98. The maximum atomic E-state index is 12.9. The number of phenolic OH excluding ortho intramolecular Hbond substituents is 1. The number of halogens is 1. The smallest absolute Gasteiger partial charge is 0.296 e. The van der Waals surface area contributed by atoms with Gasteiger partial charge < -0.3 is 10.4 Å². The quantitative estimate of drug-likeness (QED) is 0.0801. The molecule has 5 rings (SSSR count). The molecule has 4 N–H and O–H groups in total. The van der Waals surface area contributed by atoms with Crippen LogP contribution < -0.4 is 5.32 Å². The first-order chi connectivity index (χ1) is 21.2.